The number of carbonyl (C=O) groups is 1. The summed E-state index contributed by atoms with van der Waals surface area (Å²) in [5, 5.41) is 11.8. The molecular weight excluding hydrogens is 240 g/mol. The number of benzene rings is 1. The first-order chi connectivity index (χ1) is 9.07. The number of hydrogen-bond acceptors (Lipinski definition) is 4. The van der Waals surface area contributed by atoms with Gasteiger partial charge in [0.05, 0.1) is 12.1 Å². The number of Topliss-reactive ketones (excluding diaryl/α,β-unsaturated/α-hetero) is 1. The largest absolute Gasteiger partial charge is 0.395 e. The summed E-state index contributed by atoms with van der Waals surface area (Å²) in [6.07, 6.45) is 2.72. The summed E-state index contributed by atoms with van der Waals surface area (Å²) >= 11 is 0. The molecule has 1 atom stereocenters. The summed E-state index contributed by atoms with van der Waals surface area (Å²) in [4.78, 5) is 12.4. The van der Waals surface area contributed by atoms with Gasteiger partial charge in [0.1, 0.15) is 0 Å². The topological polar surface area (TPSA) is 75.4 Å². The highest BCUT2D eigenvalue weighted by molar-refractivity contribution is 6.03. The van der Waals surface area contributed by atoms with Crippen LogP contribution in [0.25, 0.3) is 0 Å². The molecule has 0 fully saturated rings. The Morgan fingerprint density at radius 3 is 2.58 bits per heavy atom. The molecule has 4 N–H and O–H groups in total. The number of aliphatic hydroxyl groups excluding tert-OH is 1. The lowest BCUT2D eigenvalue weighted by atomic mass is 9.85. The van der Waals surface area contributed by atoms with E-state index in [9.17, 15) is 4.79 Å². The standard InChI is InChI=1S/C15H22N2O2/c1-3-9-15(16,4-2)14(19)12-5-7-13(8-6-12)17-10-11-18/h3,5-8,17-18H,1,4,9-11,16H2,2H3. The summed E-state index contributed by atoms with van der Waals surface area (Å²) in [6, 6.07) is 7.13. The van der Waals surface area contributed by atoms with E-state index in [0.717, 1.165) is 5.69 Å². The van der Waals surface area contributed by atoms with E-state index in [2.05, 4.69) is 11.9 Å². The van der Waals surface area contributed by atoms with Crippen LogP contribution < -0.4 is 11.1 Å². The summed E-state index contributed by atoms with van der Waals surface area (Å²) in [5.74, 6) is -0.0661. The van der Waals surface area contributed by atoms with Gasteiger partial charge in [0, 0.05) is 17.8 Å². The highest BCUT2D eigenvalue weighted by atomic mass is 16.3. The summed E-state index contributed by atoms with van der Waals surface area (Å²) in [7, 11) is 0. The van der Waals surface area contributed by atoms with Gasteiger partial charge in [-0.05, 0) is 37.1 Å². The van der Waals surface area contributed by atoms with E-state index < -0.39 is 5.54 Å². The quantitative estimate of drug-likeness (QED) is 0.494. The lowest BCUT2D eigenvalue weighted by molar-refractivity contribution is 0.0885. The first kappa shape index (κ1) is 15.4. The first-order valence-corrected chi connectivity index (χ1v) is 6.46. The summed E-state index contributed by atoms with van der Waals surface area (Å²) < 4.78 is 0. The van der Waals surface area contributed by atoms with Crippen molar-refractivity contribution in [3.8, 4) is 0 Å². The molecule has 0 aliphatic rings. The maximum atomic E-state index is 12.4. The zero-order chi connectivity index (χ0) is 14.3. The highest BCUT2D eigenvalue weighted by Gasteiger charge is 2.31. The van der Waals surface area contributed by atoms with Crippen molar-refractivity contribution in [1.82, 2.24) is 0 Å². The Hall–Kier alpha value is -1.65. The minimum absolute atomic E-state index is 0.0661. The fraction of sp³-hybridized carbons (Fsp3) is 0.400. The maximum Gasteiger partial charge on any atom is 0.182 e. The van der Waals surface area contributed by atoms with Gasteiger partial charge < -0.3 is 16.2 Å². The molecule has 0 aliphatic carbocycles. The third kappa shape index (κ3) is 3.91. The van der Waals surface area contributed by atoms with E-state index in [1.807, 2.05) is 19.1 Å². The predicted octanol–water partition coefficient (Wildman–Crippen LogP) is 1.96. The molecule has 0 aliphatic heterocycles. The van der Waals surface area contributed by atoms with Crippen molar-refractivity contribution in [3.05, 3.63) is 42.5 Å². The highest BCUT2D eigenvalue weighted by Crippen LogP contribution is 2.20. The molecule has 0 spiro atoms. The lowest BCUT2D eigenvalue weighted by Gasteiger charge is -2.25. The van der Waals surface area contributed by atoms with Crippen LogP contribution in [0.2, 0.25) is 0 Å². The van der Waals surface area contributed by atoms with Gasteiger partial charge in [-0.1, -0.05) is 13.0 Å². The van der Waals surface area contributed by atoms with Crippen LogP contribution in [-0.4, -0.2) is 29.6 Å². The smallest absolute Gasteiger partial charge is 0.182 e. The van der Waals surface area contributed by atoms with Crippen molar-refractivity contribution in [2.75, 3.05) is 18.5 Å². The van der Waals surface area contributed by atoms with Crippen molar-refractivity contribution in [3.63, 3.8) is 0 Å². The Morgan fingerprint density at radius 2 is 2.11 bits per heavy atom. The Labute approximate surface area is 114 Å². The van der Waals surface area contributed by atoms with Gasteiger partial charge in [-0.15, -0.1) is 6.58 Å². The Kier molecular flexibility index (Phi) is 5.73. The Morgan fingerprint density at radius 1 is 1.47 bits per heavy atom. The molecule has 0 radical (unpaired) electrons. The van der Waals surface area contributed by atoms with E-state index in [4.69, 9.17) is 10.8 Å². The minimum Gasteiger partial charge on any atom is -0.395 e. The number of nitrogens with one attached hydrogen (secondary N) is 1. The van der Waals surface area contributed by atoms with E-state index in [1.165, 1.54) is 0 Å². The molecule has 1 aromatic rings. The first-order valence-electron chi connectivity index (χ1n) is 6.46. The van der Waals surface area contributed by atoms with Crippen LogP contribution in [0, 0.1) is 0 Å². The third-order valence-electron chi connectivity index (χ3n) is 3.18. The number of aliphatic hydroxyl groups is 1. The van der Waals surface area contributed by atoms with Gasteiger partial charge in [-0.25, -0.2) is 0 Å². The molecule has 0 bridgehead atoms. The number of ketones is 1. The molecule has 1 rings (SSSR count). The van der Waals surface area contributed by atoms with E-state index in [1.54, 1.807) is 18.2 Å². The van der Waals surface area contributed by atoms with Crippen LogP contribution >= 0.6 is 0 Å². The van der Waals surface area contributed by atoms with Crippen LogP contribution in [0.1, 0.15) is 30.1 Å². The fourth-order valence-electron chi connectivity index (χ4n) is 1.88. The molecule has 0 amide bonds. The molecule has 4 nitrogen and oxygen atoms in total. The van der Waals surface area contributed by atoms with Crippen molar-refractivity contribution in [2.45, 2.75) is 25.3 Å². The minimum atomic E-state index is -0.873. The number of nitrogens with two attached hydrogens (primary N) is 1. The summed E-state index contributed by atoms with van der Waals surface area (Å²) in [6.45, 7) is 6.11. The van der Waals surface area contributed by atoms with Gasteiger partial charge in [0.2, 0.25) is 0 Å². The van der Waals surface area contributed by atoms with Crippen molar-refractivity contribution in [2.24, 2.45) is 5.73 Å². The molecule has 19 heavy (non-hydrogen) atoms. The van der Waals surface area contributed by atoms with Crippen LogP contribution in [0.15, 0.2) is 36.9 Å². The molecule has 0 saturated carbocycles. The zero-order valence-corrected chi connectivity index (χ0v) is 11.4. The second-order valence-corrected chi connectivity index (χ2v) is 4.56. The molecule has 1 aromatic carbocycles. The van der Waals surface area contributed by atoms with Crippen LogP contribution in [-0.2, 0) is 0 Å². The van der Waals surface area contributed by atoms with Gasteiger partial charge >= 0.3 is 0 Å². The van der Waals surface area contributed by atoms with Crippen LogP contribution in [0.3, 0.4) is 0 Å². The average molecular weight is 262 g/mol. The van der Waals surface area contributed by atoms with Gasteiger partial charge in [0.25, 0.3) is 0 Å². The normalized spacial score (nSPS) is 13.6. The average Bonchev–Trinajstić information content (AvgIpc) is 2.45. The zero-order valence-electron chi connectivity index (χ0n) is 11.4. The van der Waals surface area contributed by atoms with Crippen molar-refractivity contribution >= 4 is 11.5 Å². The molecule has 0 heterocycles. The fourth-order valence-corrected chi connectivity index (χ4v) is 1.88. The second kappa shape index (κ2) is 7.07. The number of carbonyl (C=O) groups excluding carboxylic acids is 1. The number of anilines is 1. The monoisotopic (exact) mass is 262 g/mol. The molecule has 0 saturated heterocycles. The Bertz CT molecular complexity index is 428. The van der Waals surface area contributed by atoms with Gasteiger partial charge in [-0.3, -0.25) is 4.79 Å². The van der Waals surface area contributed by atoms with E-state index in [0.29, 0.717) is 24.9 Å². The second-order valence-electron chi connectivity index (χ2n) is 4.56. The molecular formula is C15H22N2O2. The molecule has 0 aromatic heterocycles. The Balaban J connectivity index is 2.84. The lowest BCUT2D eigenvalue weighted by Crippen LogP contribution is -2.47. The molecule has 4 heteroatoms. The third-order valence-corrected chi connectivity index (χ3v) is 3.18. The summed E-state index contributed by atoms with van der Waals surface area (Å²) in [5.41, 5.74) is 6.73. The molecule has 1 unspecified atom stereocenters. The molecule has 104 valence electrons. The van der Waals surface area contributed by atoms with Crippen molar-refractivity contribution < 1.29 is 9.90 Å². The van der Waals surface area contributed by atoms with E-state index >= 15 is 0 Å². The maximum absolute atomic E-state index is 12.4. The van der Waals surface area contributed by atoms with Gasteiger partial charge in [-0.2, -0.15) is 0 Å². The predicted molar refractivity (Wildman–Crippen MR) is 78.4 cm³/mol. The van der Waals surface area contributed by atoms with Gasteiger partial charge in [0.15, 0.2) is 5.78 Å². The number of hydrogen-bond donors (Lipinski definition) is 3. The van der Waals surface area contributed by atoms with Crippen molar-refractivity contribution in [1.29, 1.82) is 0 Å². The van der Waals surface area contributed by atoms with Crippen LogP contribution in [0.5, 0.6) is 0 Å². The van der Waals surface area contributed by atoms with E-state index in [-0.39, 0.29) is 12.4 Å². The van der Waals surface area contributed by atoms with Crippen LogP contribution in [0.4, 0.5) is 5.69 Å². The number of rotatable bonds is 8. The SMILES string of the molecule is C=CCC(N)(CC)C(=O)c1ccc(NCCO)cc1.